The Morgan fingerprint density at radius 2 is 1.69 bits per heavy atom. The van der Waals surface area contributed by atoms with E-state index in [0.717, 1.165) is 48.3 Å². The van der Waals surface area contributed by atoms with Crippen molar-refractivity contribution in [3.63, 3.8) is 0 Å². The van der Waals surface area contributed by atoms with Gasteiger partial charge in [-0.15, -0.1) is 11.8 Å². The van der Waals surface area contributed by atoms with E-state index in [0.29, 0.717) is 18.8 Å². The van der Waals surface area contributed by atoms with Crippen molar-refractivity contribution in [2.45, 2.75) is 49.2 Å². The summed E-state index contributed by atoms with van der Waals surface area (Å²) in [7, 11) is 0. The lowest BCUT2D eigenvalue weighted by Gasteiger charge is -2.34. The normalized spacial score (nSPS) is 18.7. The summed E-state index contributed by atoms with van der Waals surface area (Å²) < 4.78 is 0. The first-order valence-electron chi connectivity index (χ1n) is 11.3. The van der Waals surface area contributed by atoms with Gasteiger partial charge in [0.1, 0.15) is 6.54 Å². The number of likely N-dealkylation sites (tertiary alicyclic amines) is 1. The van der Waals surface area contributed by atoms with Crippen LogP contribution in [0.5, 0.6) is 0 Å². The van der Waals surface area contributed by atoms with Crippen molar-refractivity contribution in [2.75, 3.05) is 29.9 Å². The molecule has 0 aliphatic carbocycles. The number of carbonyl (C=O) groups excluding carboxylic acids is 3. The Kier molecular flexibility index (Phi) is 7.15. The molecule has 0 saturated carbocycles. The van der Waals surface area contributed by atoms with Gasteiger partial charge in [0.15, 0.2) is 5.25 Å². The van der Waals surface area contributed by atoms with Crippen molar-refractivity contribution in [1.82, 2.24) is 4.90 Å². The van der Waals surface area contributed by atoms with Gasteiger partial charge in [-0.2, -0.15) is 0 Å². The highest BCUT2D eigenvalue weighted by molar-refractivity contribution is 8.01. The molecule has 7 heteroatoms. The molecule has 168 valence electrons. The molecule has 0 aromatic heterocycles. The minimum absolute atomic E-state index is 0.127. The molecule has 0 spiro atoms. The van der Waals surface area contributed by atoms with E-state index < -0.39 is 5.25 Å². The smallest absolute Gasteiger partial charge is 0.250 e. The van der Waals surface area contributed by atoms with Crippen LogP contribution in [0.4, 0.5) is 11.4 Å². The van der Waals surface area contributed by atoms with Crippen LogP contribution in [-0.2, 0) is 20.8 Å². The van der Waals surface area contributed by atoms with Gasteiger partial charge in [-0.25, -0.2) is 0 Å². The number of benzene rings is 2. The average Bonchev–Trinajstić information content (AvgIpc) is 3.10. The molecule has 2 aliphatic rings. The van der Waals surface area contributed by atoms with Crippen LogP contribution in [0.2, 0.25) is 0 Å². The quantitative estimate of drug-likeness (QED) is 0.695. The number of carbonyl (C=O) groups is 3. The van der Waals surface area contributed by atoms with Crippen molar-refractivity contribution < 1.29 is 14.4 Å². The maximum Gasteiger partial charge on any atom is 0.250 e. The number of nitrogens with zero attached hydrogens (tertiary/aromatic N) is 2. The predicted octanol–water partition coefficient (Wildman–Crippen LogP) is 4.10. The second kappa shape index (κ2) is 10.2. The molecule has 1 unspecified atom stereocenters. The minimum Gasteiger partial charge on any atom is -0.341 e. The molecule has 1 atom stereocenters. The van der Waals surface area contributed by atoms with E-state index in [1.165, 1.54) is 16.7 Å². The Hall–Kier alpha value is -2.80. The molecule has 6 nitrogen and oxygen atoms in total. The number of aryl methyl sites for hydroxylation is 1. The number of hydrogen-bond acceptors (Lipinski definition) is 4. The summed E-state index contributed by atoms with van der Waals surface area (Å²) in [6.45, 7) is 3.29. The Balaban J connectivity index is 1.55. The van der Waals surface area contributed by atoms with Crippen LogP contribution in [0, 0.1) is 0 Å². The number of rotatable bonds is 5. The molecule has 1 fully saturated rings. The number of para-hydroxylation sites is 2. The van der Waals surface area contributed by atoms with Gasteiger partial charge in [0.05, 0.1) is 5.69 Å². The van der Waals surface area contributed by atoms with E-state index in [4.69, 9.17) is 0 Å². The molecule has 0 radical (unpaired) electrons. The molecule has 1 saturated heterocycles. The molecule has 2 aromatic rings. The van der Waals surface area contributed by atoms with Crippen molar-refractivity contribution in [1.29, 1.82) is 0 Å². The summed E-state index contributed by atoms with van der Waals surface area (Å²) in [4.78, 5) is 43.8. The number of hydrogen-bond donors (Lipinski definition) is 1. The largest absolute Gasteiger partial charge is 0.341 e. The molecule has 1 N–H and O–H groups in total. The molecular formula is C25H29N3O3S. The molecule has 0 bridgehead atoms. The summed E-state index contributed by atoms with van der Waals surface area (Å²) in [6.07, 6.45) is 4.96. The van der Waals surface area contributed by atoms with Gasteiger partial charge in [0.25, 0.3) is 5.91 Å². The second-order valence-corrected chi connectivity index (χ2v) is 9.34. The number of thioether (sulfide) groups is 1. The molecule has 2 aromatic carbocycles. The van der Waals surface area contributed by atoms with Gasteiger partial charge < -0.3 is 15.1 Å². The summed E-state index contributed by atoms with van der Waals surface area (Å²) >= 11 is 1.30. The van der Waals surface area contributed by atoms with E-state index >= 15 is 0 Å². The third kappa shape index (κ3) is 4.83. The maximum atomic E-state index is 13.4. The van der Waals surface area contributed by atoms with Crippen LogP contribution >= 0.6 is 11.8 Å². The highest BCUT2D eigenvalue weighted by atomic mass is 32.2. The van der Waals surface area contributed by atoms with Gasteiger partial charge in [-0.1, -0.05) is 50.1 Å². The Bertz CT molecular complexity index is 1000. The molecule has 32 heavy (non-hydrogen) atoms. The predicted molar refractivity (Wildman–Crippen MR) is 128 cm³/mol. The fraction of sp³-hybridized carbons (Fsp3) is 0.400. The molecule has 2 aliphatic heterocycles. The summed E-state index contributed by atoms with van der Waals surface area (Å²) in [5.74, 6) is -0.734. The number of fused-ring (bicyclic) bond motifs is 1. The van der Waals surface area contributed by atoms with Crippen LogP contribution < -0.4 is 10.2 Å². The van der Waals surface area contributed by atoms with Crippen molar-refractivity contribution in [3.05, 3.63) is 54.1 Å². The van der Waals surface area contributed by atoms with Gasteiger partial charge >= 0.3 is 0 Å². The van der Waals surface area contributed by atoms with E-state index in [1.54, 1.807) is 0 Å². The fourth-order valence-corrected chi connectivity index (χ4v) is 5.47. The first-order chi connectivity index (χ1) is 15.6. The van der Waals surface area contributed by atoms with Gasteiger partial charge in [-0.05, 0) is 43.0 Å². The number of amides is 3. The van der Waals surface area contributed by atoms with Crippen LogP contribution in [0.25, 0.3) is 0 Å². The number of nitrogens with one attached hydrogen (secondary N) is 1. The monoisotopic (exact) mass is 451 g/mol. The van der Waals surface area contributed by atoms with Crippen molar-refractivity contribution in [3.8, 4) is 0 Å². The first-order valence-corrected chi connectivity index (χ1v) is 12.2. The standard InChI is InChI=1S/C25H29N3O3S/c1-2-18-11-5-6-12-19(18)26-22(29)17-28-20-13-7-8-14-21(20)32-23(25(28)31)24(30)27-15-9-3-4-10-16-27/h5-8,11-14,23H,2-4,9-10,15-17H2,1H3,(H,26,29). The average molecular weight is 452 g/mol. The van der Waals surface area contributed by atoms with E-state index in [-0.39, 0.29) is 24.3 Å². The molecular weight excluding hydrogens is 422 g/mol. The van der Waals surface area contributed by atoms with Crippen LogP contribution in [0.15, 0.2) is 53.4 Å². The van der Waals surface area contributed by atoms with E-state index in [1.807, 2.05) is 60.4 Å². The highest BCUT2D eigenvalue weighted by Gasteiger charge is 2.40. The lowest BCUT2D eigenvalue weighted by atomic mass is 10.1. The Morgan fingerprint density at radius 1 is 1.00 bits per heavy atom. The zero-order valence-corrected chi connectivity index (χ0v) is 19.2. The van der Waals surface area contributed by atoms with Crippen LogP contribution in [0.3, 0.4) is 0 Å². The Morgan fingerprint density at radius 3 is 2.44 bits per heavy atom. The third-order valence-corrected chi connectivity index (χ3v) is 7.25. The summed E-state index contributed by atoms with van der Waals surface area (Å²) in [5.41, 5.74) is 2.47. The number of anilines is 2. The molecule has 3 amide bonds. The lowest BCUT2D eigenvalue weighted by molar-refractivity contribution is -0.135. The third-order valence-electron chi connectivity index (χ3n) is 6.01. The maximum absolute atomic E-state index is 13.4. The topological polar surface area (TPSA) is 69.7 Å². The van der Waals surface area contributed by atoms with Gasteiger partial charge in [0.2, 0.25) is 11.8 Å². The fourth-order valence-electron chi connectivity index (χ4n) is 4.28. The summed E-state index contributed by atoms with van der Waals surface area (Å²) in [6, 6.07) is 15.1. The summed E-state index contributed by atoms with van der Waals surface area (Å²) in [5, 5.41) is 2.09. The minimum atomic E-state index is -0.848. The molecule has 4 rings (SSSR count). The van der Waals surface area contributed by atoms with E-state index in [9.17, 15) is 14.4 Å². The zero-order valence-electron chi connectivity index (χ0n) is 18.4. The second-order valence-electron chi connectivity index (χ2n) is 8.19. The zero-order chi connectivity index (χ0) is 22.5. The van der Waals surface area contributed by atoms with Gasteiger partial charge in [0, 0.05) is 23.7 Å². The van der Waals surface area contributed by atoms with Crippen LogP contribution in [-0.4, -0.2) is 47.5 Å². The highest BCUT2D eigenvalue weighted by Crippen LogP contribution is 2.40. The van der Waals surface area contributed by atoms with Gasteiger partial charge in [-0.3, -0.25) is 14.4 Å². The van der Waals surface area contributed by atoms with Crippen LogP contribution in [0.1, 0.15) is 38.2 Å². The van der Waals surface area contributed by atoms with E-state index in [2.05, 4.69) is 5.32 Å². The van der Waals surface area contributed by atoms with Crippen molar-refractivity contribution >= 4 is 40.9 Å². The molecule has 2 heterocycles. The van der Waals surface area contributed by atoms with Crippen molar-refractivity contribution in [2.24, 2.45) is 0 Å². The lowest BCUT2D eigenvalue weighted by Crippen LogP contribution is -2.51. The Labute approximate surface area is 193 Å². The SMILES string of the molecule is CCc1ccccc1NC(=O)CN1C(=O)C(C(=O)N2CCCCCC2)Sc2ccccc21. The first kappa shape index (κ1) is 22.4.